The zero-order valence-corrected chi connectivity index (χ0v) is 13.6. The zero-order chi connectivity index (χ0) is 16.9. The zero-order valence-electron chi connectivity index (χ0n) is 13.6. The predicted molar refractivity (Wildman–Crippen MR) is 87.9 cm³/mol. The van der Waals surface area contributed by atoms with E-state index in [1.54, 1.807) is 15.9 Å². The molecule has 6 heteroatoms. The van der Waals surface area contributed by atoms with Crippen LogP contribution in [-0.2, 0) is 4.79 Å². The molecule has 1 aromatic carbocycles. The van der Waals surface area contributed by atoms with Crippen LogP contribution in [0.5, 0.6) is 5.75 Å². The number of carbonyl (C=O) groups is 2. The molecule has 2 aromatic rings. The number of nitrogens with zero attached hydrogens (tertiary/aromatic N) is 2. The highest BCUT2D eigenvalue weighted by Gasteiger charge is 2.25. The van der Waals surface area contributed by atoms with Crippen molar-refractivity contribution in [1.82, 2.24) is 9.80 Å². The molecule has 0 aliphatic carbocycles. The molecular weight excluding hydrogens is 308 g/mol. The van der Waals surface area contributed by atoms with E-state index in [9.17, 15) is 9.59 Å². The van der Waals surface area contributed by atoms with Gasteiger partial charge < -0.3 is 19.0 Å². The Morgan fingerprint density at radius 3 is 2.54 bits per heavy atom. The topological polar surface area (TPSA) is 63.0 Å². The number of benzene rings is 1. The summed E-state index contributed by atoms with van der Waals surface area (Å²) in [6.07, 6.45) is 2.92. The summed E-state index contributed by atoms with van der Waals surface area (Å²) in [4.78, 5) is 27.9. The van der Waals surface area contributed by atoms with Crippen LogP contribution >= 0.6 is 0 Å². The van der Waals surface area contributed by atoms with Crippen molar-refractivity contribution in [3.05, 3.63) is 54.0 Å². The Bertz CT molecular complexity index is 704. The first-order valence-corrected chi connectivity index (χ1v) is 7.92. The van der Waals surface area contributed by atoms with Crippen LogP contribution in [0.15, 0.2) is 47.3 Å². The first kappa shape index (κ1) is 16.1. The van der Waals surface area contributed by atoms with Crippen LogP contribution in [0.2, 0.25) is 0 Å². The van der Waals surface area contributed by atoms with Crippen molar-refractivity contribution in [2.45, 2.75) is 6.92 Å². The van der Waals surface area contributed by atoms with Crippen LogP contribution in [0.4, 0.5) is 0 Å². The van der Waals surface area contributed by atoms with Gasteiger partial charge in [0.1, 0.15) is 12.0 Å². The molecule has 0 unspecified atom stereocenters. The maximum Gasteiger partial charge on any atom is 0.260 e. The number of hydrogen-bond donors (Lipinski definition) is 0. The lowest BCUT2D eigenvalue weighted by Gasteiger charge is -2.34. The molecule has 1 aromatic heterocycles. The number of piperazine rings is 1. The molecule has 1 aliphatic heterocycles. The Morgan fingerprint density at radius 1 is 1.12 bits per heavy atom. The van der Waals surface area contributed by atoms with E-state index in [4.69, 9.17) is 9.15 Å². The number of carbonyl (C=O) groups excluding carboxylic acids is 2. The van der Waals surface area contributed by atoms with Crippen molar-refractivity contribution in [2.75, 3.05) is 32.8 Å². The highest BCUT2D eigenvalue weighted by atomic mass is 16.5. The van der Waals surface area contributed by atoms with Gasteiger partial charge in [0, 0.05) is 26.2 Å². The lowest BCUT2D eigenvalue weighted by molar-refractivity contribution is -0.134. The van der Waals surface area contributed by atoms with E-state index in [1.165, 1.54) is 12.5 Å². The van der Waals surface area contributed by atoms with Gasteiger partial charge in [-0.1, -0.05) is 12.1 Å². The number of ether oxygens (including phenoxy) is 1. The van der Waals surface area contributed by atoms with Gasteiger partial charge in [0.15, 0.2) is 6.61 Å². The first-order chi connectivity index (χ1) is 11.6. The Balaban J connectivity index is 1.47. The second-order valence-electron chi connectivity index (χ2n) is 5.79. The Labute approximate surface area is 140 Å². The molecule has 0 bridgehead atoms. The average molecular weight is 328 g/mol. The van der Waals surface area contributed by atoms with Crippen LogP contribution in [0, 0.1) is 6.92 Å². The fourth-order valence-electron chi connectivity index (χ4n) is 2.67. The summed E-state index contributed by atoms with van der Waals surface area (Å²) in [5.41, 5.74) is 1.63. The fourth-order valence-corrected chi connectivity index (χ4v) is 2.67. The van der Waals surface area contributed by atoms with Crippen molar-refractivity contribution in [3.8, 4) is 5.75 Å². The summed E-state index contributed by atoms with van der Waals surface area (Å²) in [5.74, 6) is 0.566. The van der Waals surface area contributed by atoms with Crippen LogP contribution in [0.1, 0.15) is 15.9 Å². The van der Waals surface area contributed by atoms with E-state index in [-0.39, 0.29) is 18.4 Å². The molecule has 1 saturated heterocycles. The summed E-state index contributed by atoms with van der Waals surface area (Å²) < 4.78 is 10.5. The van der Waals surface area contributed by atoms with Crippen molar-refractivity contribution in [3.63, 3.8) is 0 Å². The molecule has 0 saturated carbocycles. The van der Waals surface area contributed by atoms with Gasteiger partial charge >= 0.3 is 0 Å². The molecular formula is C18H20N2O4. The summed E-state index contributed by atoms with van der Waals surface area (Å²) >= 11 is 0. The predicted octanol–water partition coefficient (Wildman–Crippen LogP) is 1.95. The fraction of sp³-hybridized carbons (Fsp3) is 0.333. The number of amides is 2. The van der Waals surface area contributed by atoms with Crippen molar-refractivity contribution < 1.29 is 18.7 Å². The molecule has 2 amide bonds. The van der Waals surface area contributed by atoms with Crippen LogP contribution in [0.3, 0.4) is 0 Å². The van der Waals surface area contributed by atoms with Gasteiger partial charge in [-0.3, -0.25) is 9.59 Å². The van der Waals surface area contributed by atoms with E-state index >= 15 is 0 Å². The Hall–Kier alpha value is -2.76. The number of rotatable bonds is 4. The lowest BCUT2D eigenvalue weighted by Crippen LogP contribution is -2.51. The van der Waals surface area contributed by atoms with E-state index < -0.39 is 0 Å². The van der Waals surface area contributed by atoms with E-state index in [0.29, 0.717) is 37.5 Å². The maximum absolute atomic E-state index is 12.2. The number of hydrogen-bond acceptors (Lipinski definition) is 4. The molecule has 126 valence electrons. The largest absolute Gasteiger partial charge is 0.484 e. The molecule has 0 N–H and O–H groups in total. The molecule has 0 atom stereocenters. The Kier molecular flexibility index (Phi) is 4.84. The van der Waals surface area contributed by atoms with Crippen molar-refractivity contribution in [1.29, 1.82) is 0 Å². The van der Waals surface area contributed by atoms with E-state index in [2.05, 4.69) is 0 Å². The minimum Gasteiger partial charge on any atom is -0.484 e. The van der Waals surface area contributed by atoms with Gasteiger partial charge in [0.25, 0.3) is 11.8 Å². The van der Waals surface area contributed by atoms with E-state index in [1.807, 2.05) is 31.2 Å². The van der Waals surface area contributed by atoms with Crippen molar-refractivity contribution in [2.24, 2.45) is 0 Å². The SMILES string of the molecule is Cc1cccc(OCC(=O)N2CCN(C(=O)c3ccoc3)CC2)c1. The van der Waals surface area contributed by atoms with Crippen LogP contribution < -0.4 is 4.74 Å². The van der Waals surface area contributed by atoms with Crippen molar-refractivity contribution >= 4 is 11.8 Å². The highest BCUT2D eigenvalue weighted by Crippen LogP contribution is 2.13. The third-order valence-corrected chi connectivity index (χ3v) is 4.04. The first-order valence-electron chi connectivity index (χ1n) is 7.92. The normalized spacial score (nSPS) is 14.5. The van der Waals surface area contributed by atoms with Gasteiger partial charge in [-0.25, -0.2) is 0 Å². The summed E-state index contributed by atoms with van der Waals surface area (Å²) in [6.45, 7) is 4.05. The molecule has 1 fully saturated rings. The standard InChI is InChI=1S/C18H20N2O4/c1-14-3-2-4-16(11-14)24-13-17(21)19-6-8-20(9-7-19)18(22)15-5-10-23-12-15/h2-5,10-12H,6-9,13H2,1H3. The summed E-state index contributed by atoms with van der Waals surface area (Å²) in [5, 5.41) is 0. The third kappa shape index (κ3) is 3.76. The molecule has 0 spiro atoms. The Morgan fingerprint density at radius 2 is 1.88 bits per heavy atom. The van der Waals surface area contributed by atoms with Gasteiger partial charge in [-0.2, -0.15) is 0 Å². The van der Waals surface area contributed by atoms with Crippen LogP contribution in [-0.4, -0.2) is 54.4 Å². The molecule has 6 nitrogen and oxygen atoms in total. The van der Waals surface area contributed by atoms with Gasteiger partial charge in [0.05, 0.1) is 11.8 Å². The second kappa shape index (κ2) is 7.21. The highest BCUT2D eigenvalue weighted by molar-refractivity contribution is 5.94. The maximum atomic E-state index is 12.2. The molecule has 1 aliphatic rings. The molecule has 2 heterocycles. The number of aryl methyl sites for hydroxylation is 1. The minimum absolute atomic E-state index is 0.0130. The summed E-state index contributed by atoms with van der Waals surface area (Å²) in [7, 11) is 0. The van der Waals surface area contributed by atoms with Crippen LogP contribution in [0.25, 0.3) is 0 Å². The van der Waals surface area contributed by atoms with Gasteiger partial charge in [-0.05, 0) is 30.7 Å². The number of furan rings is 1. The van der Waals surface area contributed by atoms with Gasteiger partial charge in [0.2, 0.25) is 0 Å². The minimum atomic E-state index is -0.0631. The molecule has 0 radical (unpaired) electrons. The third-order valence-electron chi connectivity index (χ3n) is 4.04. The quantitative estimate of drug-likeness (QED) is 0.860. The second-order valence-corrected chi connectivity index (χ2v) is 5.79. The molecule has 3 rings (SSSR count). The van der Waals surface area contributed by atoms with E-state index in [0.717, 1.165) is 5.56 Å². The monoisotopic (exact) mass is 328 g/mol. The van der Waals surface area contributed by atoms with Gasteiger partial charge in [-0.15, -0.1) is 0 Å². The smallest absolute Gasteiger partial charge is 0.260 e. The molecule has 24 heavy (non-hydrogen) atoms. The lowest BCUT2D eigenvalue weighted by atomic mass is 10.2. The summed E-state index contributed by atoms with van der Waals surface area (Å²) in [6, 6.07) is 9.26. The average Bonchev–Trinajstić information content (AvgIpc) is 3.14.